The van der Waals surface area contributed by atoms with Crippen LogP contribution in [0.1, 0.15) is 41.9 Å². The second-order valence-electron chi connectivity index (χ2n) is 7.62. The van der Waals surface area contributed by atoms with E-state index in [1.165, 1.54) is 35.4 Å². The summed E-state index contributed by atoms with van der Waals surface area (Å²) in [4.78, 5) is 26.9. The van der Waals surface area contributed by atoms with Crippen LogP contribution in [-0.2, 0) is 17.8 Å². The van der Waals surface area contributed by atoms with Crippen LogP contribution in [0.3, 0.4) is 0 Å². The second-order valence-corrected chi connectivity index (χ2v) is 7.62. The van der Waals surface area contributed by atoms with Crippen molar-refractivity contribution in [1.82, 2.24) is 9.47 Å². The van der Waals surface area contributed by atoms with Crippen molar-refractivity contribution in [3.63, 3.8) is 0 Å². The number of fused-ring (bicyclic) bond motifs is 3. The summed E-state index contributed by atoms with van der Waals surface area (Å²) in [5.41, 5.74) is 3.01. The van der Waals surface area contributed by atoms with E-state index in [0.717, 1.165) is 22.9 Å². The number of carbonyl (C=O) groups excluding carboxylic acids is 1. The highest BCUT2D eigenvalue weighted by atomic mass is 19.1. The largest absolute Gasteiger partial charge is 0.478 e. The quantitative estimate of drug-likeness (QED) is 0.683. The Kier molecular flexibility index (Phi) is 5.16. The van der Waals surface area contributed by atoms with Gasteiger partial charge in [0.2, 0.25) is 0 Å². The smallest absolute Gasteiger partial charge is 0.339 e. The first-order valence-electron chi connectivity index (χ1n) is 10.1. The number of para-hydroxylation sites is 1. The van der Waals surface area contributed by atoms with Crippen molar-refractivity contribution in [2.75, 3.05) is 0 Å². The van der Waals surface area contributed by atoms with Gasteiger partial charge in [0.1, 0.15) is 5.82 Å². The molecule has 5 nitrogen and oxygen atoms in total. The summed E-state index contributed by atoms with van der Waals surface area (Å²) in [6.07, 6.45) is 2.81. The van der Waals surface area contributed by atoms with E-state index < -0.39 is 11.8 Å². The maximum Gasteiger partial charge on any atom is 0.339 e. The summed E-state index contributed by atoms with van der Waals surface area (Å²) in [6.45, 7) is 4.63. The van der Waals surface area contributed by atoms with Crippen molar-refractivity contribution in [3.05, 3.63) is 77.4 Å². The maximum atomic E-state index is 13.3. The average Bonchev–Trinajstić information content (AvgIpc) is 2.92. The van der Waals surface area contributed by atoms with E-state index in [-0.39, 0.29) is 17.5 Å². The lowest BCUT2D eigenvalue weighted by atomic mass is 10.0. The molecule has 1 amide bonds. The van der Waals surface area contributed by atoms with E-state index in [2.05, 4.69) is 6.92 Å². The molecule has 1 aliphatic rings. The van der Waals surface area contributed by atoms with Crippen molar-refractivity contribution in [1.29, 1.82) is 0 Å². The lowest BCUT2D eigenvalue weighted by Crippen LogP contribution is -2.35. The van der Waals surface area contributed by atoms with Crippen molar-refractivity contribution < 1.29 is 19.1 Å². The molecule has 1 unspecified atom stereocenters. The van der Waals surface area contributed by atoms with Gasteiger partial charge in [-0.05, 0) is 55.7 Å². The summed E-state index contributed by atoms with van der Waals surface area (Å²) in [7, 11) is 0. The molecule has 2 aromatic carbocycles. The Morgan fingerprint density at radius 1 is 1.13 bits per heavy atom. The zero-order chi connectivity index (χ0) is 21.4. The van der Waals surface area contributed by atoms with E-state index in [9.17, 15) is 19.1 Å². The number of aromatic nitrogens is 1. The van der Waals surface area contributed by atoms with Gasteiger partial charge in [-0.2, -0.15) is 0 Å². The van der Waals surface area contributed by atoms with Crippen LogP contribution in [0.25, 0.3) is 16.5 Å². The van der Waals surface area contributed by atoms with Gasteiger partial charge in [-0.15, -0.1) is 0 Å². The number of hydrogen-bond donors (Lipinski definition) is 1. The first-order valence-corrected chi connectivity index (χ1v) is 10.1. The predicted octanol–water partition coefficient (Wildman–Crippen LogP) is 4.70. The molecule has 30 heavy (non-hydrogen) atoms. The van der Waals surface area contributed by atoms with Gasteiger partial charge in [-0.1, -0.05) is 25.1 Å². The minimum absolute atomic E-state index is 0.0921. The summed E-state index contributed by atoms with van der Waals surface area (Å²) in [5.74, 6) is -1.86. The van der Waals surface area contributed by atoms with Crippen molar-refractivity contribution in [2.24, 2.45) is 0 Å². The van der Waals surface area contributed by atoms with Crippen LogP contribution in [0.15, 0.2) is 54.7 Å². The summed E-state index contributed by atoms with van der Waals surface area (Å²) < 4.78 is 15.3. The molecule has 154 valence electrons. The Bertz CT molecular complexity index is 1160. The van der Waals surface area contributed by atoms with Crippen LogP contribution < -0.4 is 0 Å². The lowest BCUT2D eigenvalue weighted by molar-refractivity contribution is -0.130. The Morgan fingerprint density at radius 3 is 2.50 bits per heavy atom. The fourth-order valence-corrected chi connectivity index (χ4v) is 4.22. The molecule has 4 rings (SSSR count). The van der Waals surface area contributed by atoms with Gasteiger partial charge < -0.3 is 14.6 Å². The monoisotopic (exact) mass is 406 g/mol. The third-order valence-corrected chi connectivity index (χ3v) is 5.58. The topological polar surface area (TPSA) is 62.5 Å². The van der Waals surface area contributed by atoms with Crippen LogP contribution in [-0.4, -0.2) is 32.5 Å². The molecule has 6 heteroatoms. The number of halogens is 1. The molecule has 1 N–H and O–H groups in total. The molecule has 3 aromatic rings. The van der Waals surface area contributed by atoms with E-state index in [1.807, 2.05) is 35.8 Å². The van der Waals surface area contributed by atoms with E-state index >= 15 is 0 Å². The molecule has 1 aliphatic heterocycles. The Balaban J connectivity index is 1.90. The van der Waals surface area contributed by atoms with Crippen molar-refractivity contribution in [2.45, 2.75) is 39.3 Å². The van der Waals surface area contributed by atoms with Crippen LogP contribution in [0.4, 0.5) is 4.39 Å². The average molecular weight is 406 g/mol. The SMILES string of the molecule is CCCn1c2c(c3ccccc31)CC(C)N(C(=O)c1ccc(F)cc1)C=C2C(=O)O. The molecule has 0 spiro atoms. The van der Waals surface area contributed by atoms with Gasteiger partial charge in [0.25, 0.3) is 5.91 Å². The minimum atomic E-state index is -1.08. The van der Waals surface area contributed by atoms with Crippen molar-refractivity contribution >= 4 is 28.4 Å². The number of amides is 1. The third-order valence-electron chi connectivity index (χ3n) is 5.58. The van der Waals surface area contributed by atoms with Crippen LogP contribution in [0.2, 0.25) is 0 Å². The van der Waals surface area contributed by atoms with E-state index in [0.29, 0.717) is 24.2 Å². The molecule has 0 fully saturated rings. The zero-order valence-electron chi connectivity index (χ0n) is 16.9. The van der Waals surface area contributed by atoms with Gasteiger partial charge in [0.05, 0.1) is 11.3 Å². The Morgan fingerprint density at radius 2 is 1.83 bits per heavy atom. The molecule has 0 saturated heterocycles. The maximum absolute atomic E-state index is 13.3. The molecule has 0 aliphatic carbocycles. The molecule has 1 aromatic heterocycles. The fourth-order valence-electron chi connectivity index (χ4n) is 4.22. The highest BCUT2D eigenvalue weighted by Gasteiger charge is 2.32. The van der Waals surface area contributed by atoms with Crippen LogP contribution in [0.5, 0.6) is 0 Å². The van der Waals surface area contributed by atoms with E-state index in [1.54, 1.807) is 0 Å². The summed E-state index contributed by atoms with van der Waals surface area (Å²) >= 11 is 0. The van der Waals surface area contributed by atoms with Gasteiger partial charge >= 0.3 is 5.97 Å². The molecule has 0 bridgehead atoms. The zero-order valence-corrected chi connectivity index (χ0v) is 16.9. The number of hydrogen-bond acceptors (Lipinski definition) is 2. The fraction of sp³-hybridized carbons (Fsp3) is 0.250. The number of carboxylic acids is 1. The molecule has 0 saturated carbocycles. The highest BCUT2D eigenvalue weighted by Crippen LogP contribution is 2.36. The highest BCUT2D eigenvalue weighted by molar-refractivity contribution is 6.17. The molecule has 2 heterocycles. The second kappa shape index (κ2) is 7.78. The molecular formula is C24H23FN2O3. The Labute approximate surface area is 174 Å². The number of rotatable bonds is 4. The first-order chi connectivity index (χ1) is 14.4. The standard InChI is InChI=1S/C24H23FN2O3/c1-3-12-26-21-7-5-4-6-18(21)19-13-15(2)27(14-20(22(19)26)24(29)30)23(28)16-8-10-17(25)11-9-16/h4-11,14-15H,3,12-13H2,1-2H3,(H,29,30). The lowest BCUT2D eigenvalue weighted by Gasteiger charge is -2.25. The minimum Gasteiger partial charge on any atom is -0.478 e. The summed E-state index contributed by atoms with van der Waals surface area (Å²) in [6, 6.07) is 12.9. The van der Waals surface area contributed by atoms with Gasteiger partial charge in [0.15, 0.2) is 0 Å². The summed E-state index contributed by atoms with van der Waals surface area (Å²) in [5, 5.41) is 11.1. The predicted molar refractivity (Wildman–Crippen MR) is 114 cm³/mol. The normalized spacial score (nSPS) is 16.2. The number of carboxylic acid groups (broad SMARTS) is 1. The number of aryl methyl sites for hydroxylation is 1. The van der Waals surface area contributed by atoms with Crippen LogP contribution >= 0.6 is 0 Å². The van der Waals surface area contributed by atoms with Crippen molar-refractivity contribution in [3.8, 4) is 0 Å². The molecule has 1 atom stereocenters. The number of nitrogens with zero attached hydrogens (tertiary/aromatic N) is 2. The molecule has 0 radical (unpaired) electrons. The van der Waals surface area contributed by atoms with Gasteiger partial charge in [-0.25, -0.2) is 9.18 Å². The first kappa shape index (κ1) is 19.9. The Hall–Kier alpha value is -3.41. The van der Waals surface area contributed by atoms with E-state index in [4.69, 9.17) is 0 Å². The van der Waals surface area contributed by atoms with Gasteiger partial charge in [0, 0.05) is 35.3 Å². The number of aliphatic carboxylic acids is 1. The number of benzene rings is 2. The third kappa shape index (κ3) is 3.28. The number of carbonyl (C=O) groups is 2. The van der Waals surface area contributed by atoms with Gasteiger partial charge in [-0.3, -0.25) is 4.79 Å². The molecular weight excluding hydrogens is 383 g/mol. The van der Waals surface area contributed by atoms with Crippen LogP contribution in [0, 0.1) is 5.82 Å².